The number of hydroxylamine groups is 1. The van der Waals surface area contributed by atoms with Crippen molar-refractivity contribution >= 4 is 12.0 Å². The third-order valence-corrected chi connectivity index (χ3v) is 2.04. The number of carbonyl (C=O) groups is 1. The van der Waals surface area contributed by atoms with E-state index in [1.807, 2.05) is 32.9 Å². The molecule has 0 aliphatic rings. The number of hydrogen-bond donors (Lipinski definition) is 2. The van der Waals surface area contributed by atoms with E-state index in [0.717, 1.165) is 11.3 Å². The number of rotatable bonds is 4. The van der Waals surface area contributed by atoms with Gasteiger partial charge in [0.15, 0.2) is 0 Å². The molecule has 0 unspecified atom stereocenters. The van der Waals surface area contributed by atoms with E-state index in [2.05, 4.69) is 4.98 Å². The molecule has 0 saturated heterocycles. The largest absolute Gasteiger partial charge is 0.370 e. The van der Waals surface area contributed by atoms with Crippen LogP contribution in [0.1, 0.15) is 32.0 Å². The fourth-order valence-corrected chi connectivity index (χ4v) is 1.12. The first-order valence-corrected chi connectivity index (χ1v) is 5.62. The van der Waals surface area contributed by atoms with Gasteiger partial charge in [-0.3, -0.25) is 15.0 Å². The lowest BCUT2D eigenvalue weighted by Gasteiger charge is -2.19. The molecule has 0 aliphatic heterocycles. The fraction of sp³-hybridized carbons (Fsp3) is 0.385. The molecule has 0 aromatic carbocycles. The second-order valence-corrected chi connectivity index (χ2v) is 4.79. The summed E-state index contributed by atoms with van der Waals surface area (Å²) in [5.41, 5.74) is 2.93. The smallest absolute Gasteiger partial charge is 0.267 e. The standard InChI is InChI=1S/C13H18N2O3/c1-13(2,3)18-9-11-6-4-10(8-14-11)5-7-12(16)15-17/h4-8,17H,9H2,1-3H3,(H,15,16)/b7-5+. The Labute approximate surface area is 106 Å². The summed E-state index contributed by atoms with van der Waals surface area (Å²) in [6.45, 7) is 6.40. The summed E-state index contributed by atoms with van der Waals surface area (Å²) < 4.78 is 5.59. The number of ether oxygens (including phenoxy) is 1. The van der Waals surface area contributed by atoms with Crippen molar-refractivity contribution in [1.29, 1.82) is 0 Å². The molecular weight excluding hydrogens is 232 g/mol. The van der Waals surface area contributed by atoms with Crippen LogP contribution in [-0.2, 0) is 16.1 Å². The molecule has 0 aliphatic carbocycles. The molecule has 18 heavy (non-hydrogen) atoms. The zero-order valence-corrected chi connectivity index (χ0v) is 10.8. The van der Waals surface area contributed by atoms with Gasteiger partial charge in [-0.2, -0.15) is 0 Å². The molecular formula is C13H18N2O3. The number of carbonyl (C=O) groups excluding carboxylic acids is 1. The van der Waals surface area contributed by atoms with Gasteiger partial charge in [0.2, 0.25) is 0 Å². The van der Waals surface area contributed by atoms with E-state index < -0.39 is 5.91 Å². The summed E-state index contributed by atoms with van der Waals surface area (Å²) in [4.78, 5) is 15.0. The molecule has 2 N–H and O–H groups in total. The fourth-order valence-electron chi connectivity index (χ4n) is 1.12. The summed E-state index contributed by atoms with van der Waals surface area (Å²) in [6, 6.07) is 3.66. The Bertz CT molecular complexity index is 419. The van der Waals surface area contributed by atoms with Gasteiger partial charge in [-0.05, 0) is 38.5 Å². The Morgan fingerprint density at radius 1 is 1.50 bits per heavy atom. The maximum atomic E-state index is 10.8. The minimum Gasteiger partial charge on any atom is -0.370 e. The van der Waals surface area contributed by atoms with E-state index in [1.54, 1.807) is 12.3 Å². The highest BCUT2D eigenvalue weighted by Gasteiger charge is 2.10. The predicted octanol–water partition coefficient (Wildman–Crippen LogP) is 1.92. The first kappa shape index (κ1) is 14.3. The molecule has 0 radical (unpaired) electrons. The Morgan fingerprint density at radius 2 is 2.22 bits per heavy atom. The van der Waals surface area contributed by atoms with E-state index in [9.17, 15) is 4.79 Å². The van der Waals surface area contributed by atoms with E-state index in [4.69, 9.17) is 9.94 Å². The van der Waals surface area contributed by atoms with Crippen LogP contribution in [0, 0.1) is 0 Å². The van der Waals surface area contributed by atoms with Crippen molar-refractivity contribution in [2.75, 3.05) is 0 Å². The van der Waals surface area contributed by atoms with Crippen LogP contribution in [0.5, 0.6) is 0 Å². The van der Waals surface area contributed by atoms with Gasteiger partial charge in [0, 0.05) is 12.3 Å². The molecule has 0 saturated carbocycles. The number of amides is 1. The molecule has 0 bridgehead atoms. The van der Waals surface area contributed by atoms with Gasteiger partial charge >= 0.3 is 0 Å². The van der Waals surface area contributed by atoms with Crippen molar-refractivity contribution in [3.8, 4) is 0 Å². The predicted molar refractivity (Wildman–Crippen MR) is 67.7 cm³/mol. The molecule has 1 rings (SSSR count). The highest BCUT2D eigenvalue weighted by atomic mass is 16.5. The molecule has 98 valence electrons. The number of nitrogens with zero attached hydrogens (tertiary/aromatic N) is 1. The van der Waals surface area contributed by atoms with Crippen LogP contribution in [-0.4, -0.2) is 21.7 Å². The molecule has 1 heterocycles. The Morgan fingerprint density at radius 3 is 2.72 bits per heavy atom. The Hall–Kier alpha value is -1.72. The van der Waals surface area contributed by atoms with E-state index >= 15 is 0 Å². The van der Waals surface area contributed by atoms with Crippen molar-refractivity contribution in [3.63, 3.8) is 0 Å². The van der Waals surface area contributed by atoms with Gasteiger partial charge in [0.25, 0.3) is 5.91 Å². The Kier molecular flexibility index (Phi) is 5.00. The molecule has 0 spiro atoms. The van der Waals surface area contributed by atoms with E-state index in [0.29, 0.717) is 6.61 Å². The maximum absolute atomic E-state index is 10.8. The molecule has 5 nitrogen and oxygen atoms in total. The third-order valence-electron chi connectivity index (χ3n) is 2.04. The number of pyridine rings is 1. The monoisotopic (exact) mass is 250 g/mol. The van der Waals surface area contributed by atoms with Crippen LogP contribution in [0.4, 0.5) is 0 Å². The normalized spacial score (nSPS) is 11.8. The van der Waals surface area contributed by atoms with Crippen molar-refractivity contribution in [2.24, 2.45) is 0 Å². The lowest BCUT2D eigenvalue weighted by Crippen LogP contribution is -2.19. The van der Waals surface area contributed by atoms with Gasteiger partial charge in [0.05, 0.1) is 17.9 Å². The zero-order chi connectivity index (χ0) is 13.6. The van der Waals surface area contributed by atoms with Gasteiger partial charge in [-0.15, -0.1) is 0 Å². The van der Waals surface area contributed by atoms with Crippen LogP contribution in [0.3, 0.4) is 0 Å². The first-order valence-electron chi connectivity index (χ1n) is 5.62. The van der Waals surface area contributed by atoms with Crippen LogP contribution in [0.15, 0.2) is 24.4 Å². The number of hydrogen-bond acceptors (Lipinski definition) is 4. The van der Waals surface area contributed by atoms with Crippen LogP contribution in [0.25, 0.3) is 6.08 Å². The molecule has 1 aromatic heterocycles. The third kappa shape index (κ3) is 5.56. The molecule has 0 fully saturated rings. The highest BCUT2D eigenvalue weighted by Crippen LogP contribution is 2.11. The molecule has 1 aromatic rings. The minimum absolute atomic E-state index is 0.195. The zero-order valence-electron chi connectivity index (χ0n) is 10.8. The second-order valence-electron chi connectivity index (χ2n) is 4.79. The van der Waals surface area contributed by atoms with E-state index in [-0.39, 0.29) is 5.60 Å². The average Bonchev–Trinajstić information content (AvgIpc) is 2.33. The van der Waals surface area contributed by atoms with Crippen LogP contribution >= 0.6 is 0 Å². The summed E-state index contributed by atoms with van der Waals surface area (Å²) >= 11 is 0. The van der Waals surface area contributed by atoms with Gasteiger partial charge in [-0.25, -0.2) is 5.48 Å². The number of nitrogens with one attached hydrogen (secondary N) is 1. The van der Waals surface area contributed by atoms with E-state index in [1.165, 1.54) is 11.6 Å². The van der Waals surface area contributed by atoms with Gasteiger partial charge in [0.1, 0.15) is 0 Å². The number of aromatic nitrogens is 1. The SMILES string of the molecule is CC(C)(C)OCc1ccc(/C=C/C(=O)NO)cn1. The van der Waals surface area contributed by atoms with Gasteiger partial charge in [-0.1, -0.05) is 6.07 Å². The van der Waals surface area contributed by atoms with Crippen molar-refractivity contribution in [3.05, 3.63) is 35.7 Å². The second kappa shape index (κ2) is 6.28. The van der Waals surface area contributed by atoms with Crippen LogP contribution in [0.2, 0.25) is 0 Å². The Balaban J connectivity index is 2.58. The lowest BCUT2D eigenvalue weighted by atomic mass is 10.2. The van der Waals surface area contributed by atoms with Gasteiger partial charge < -0.3 is 4.74 Å². The summed E-state index contributed by atoms with van der Waals surface area (Å²) in [7, 11) is 0. The average molecular weight is 250 g/mol. The highest BCUT2D eigenvalue weighted by molar-refractivity contribution is 5.90. The molecule has 0 atom stereocenters. The quantitative estimate of drug-likeness (QED) is 0.486. The minimum atomic E-state index is -0.574. The van der Waals surface area contributed by atoms with Crippen LogP contribution < -0.4 is 5.48 Å². The summed E-state index contributed by atoms with van der Waals surface area (Å²) in [5, 5.41) is 8.32. The first-order chi connectivity index (χ1) is 8.40. The lowest BCUT2D eigenvalue weighted by molar-refractivity contribution is -0.124. The van der Waals surface area contributed by atoms with Crippen molar-refractivity contribution < 1.29 is 14.7 Å². The maximum Gasteiger partial charge on any atom is 0.267 e. The topological polar surface area (TPSA) is 71.5 Å². The molecule has 1 amide bonds. The summed E-state index contributed by atoms with van der Waals surface area (Å²) in [5.74, 6) is -0.574. The van der Waals surface area contributed by atoms with Crippen molar-refractivity contribution in [1.82, 2.24) is 10.5 Å². The van der Waals surface area contributed by atoms with Crippen molar-refractivity contribution in [2.45, 2.75) is 33.0 Å². The summed E-state index contributed by atoms with van der Waals surface area (Å²) in [6.07, 6.45) is 4.43. The molecule has 5 heteroatoms.